The molecule has 0 saturated carbocycles. The molecule has 0 bridgehead atoms. The van der Waals surface area contributed by atoms with Gasteiger partial charge in [0.25, 0.3) is 5.91 Å². The fourth-order valence-corrected chi connectivity index (χ4v) is 2.26. The van der Waals surface area contributed by atoms with E-state index in [1.165, 1.54) is 0 Å². The number of amides is 1. The van der Waals surface area contributed by atoms with Crippen LogP contribution >= 0.6 is 0 Å². The van der Waals surface area contributed by atoms with Crippen molar-refractivity contribution < 1.29 is 4.79 Å². The first-order chi connectivity index (χ1) is 9.66. The monoisotopic (exact) mass is 269 g/mol. The predicted octanol–water partition coefficient (Wildman–Crippen LogP) is 1.57. The highest BCUT2D eigenvalue weighted by molar-refractivity contribution is 6.04. The first kappa shape index (κ1) is 12.4. The second-order valence-corrected chi connectivity index (χ2v) is 4.76. The van der Waals surface area contributed by atoms with Crippen LogP contribution in [0, 0.1) is 0 Å². The summed E-state index contributed by atoms with van der Waals surface area (Å²) in [4.78, 5) is 14.2. The van der Waals surface area contributed by atoms with Gasteiger partial charge in [-0.15, -0.1) is 0 Å². The van der Waals surface area contributed by atoms with Crippen LogP contribution in [-0.4, -0.2) is 37.8 Å². The molecule has 2 aromatic heterocycles. The maximum absolute atomic E-state index is 12.5. The van der Waals surface area contributed by atoms with Gasteiger partial charge in [0, 0.05) is 37.8 Å². The van der Waals surface area contributed by atoms with Crippen LogP contribution in [0.15, 0.2) is 36.7 Å². The normalized spacial score (nSPS) is 10.9. The number of hydrogen-bond acceptors (Lipinski definition) is 3. The van der Waals surface area contributed by atoms with E-state index < -0.39 is 0 Å². The highest BCUT2D eigenvalue weighted by atomic mass is 16.2. The molecule has 20 heavy (non-hydrogen) atoms. The smallest absolute Gasteiger partial charge is 0.275 e. The third kappa shape index (κ3) is 2.05. The van der Waals surface area contributed by atoms with Crippen molar-refractivity contribution in [2.24, 2.45) is 7.05 Å². The van der Waals surface area contributed by atoms with Crippen LogP contribution in [-0.2, 0) is 13.6 Å². The number of H-pyrrole nitrogens is 1. The van der Waals surface area contributed by atoms with Gasteiger partial charge < -0.3 is 4.90 Å². The number of aryl methyl sites for hydroxylation is 1. The van der Waals surface area contributed by atoms with Crippen LogP contribution < -0.4 is 0 Å². The molecule has 0 saturated heterocycles. The van der Waals surface area contributed by atoms with Gasteiger partial charge in [0.05, 0.1) is 11.7 Å². The molecule has 0 unspecified atom stereocenters. The van der Waals surface area contributed by atoms with Crippen LogP contribution in [0.1, 0.15) is 16.1 Å². The Morgan fingerprint density at radius 2 is 2.20 bits per heavy atom. The lowest BCUT2D eigenvalue weighted by Gasteiger charge is -2.14. The van der Waals surface area contributed by atoms with Crippen molar-refractivity contribution in [1.29, 1.82) is 0 Å². The first-order valence-electron chi connectivity index (χ1n) is 6.31. The zero-order valence-electron chi connectivity index (χ0n) is 11.4. The molecule has 102 valence electrons. The van der Waals surface area contributed by atoms with E-state index in [9.17, 15) is 4.79 Å². The summed E-state index contributed by atoms with van der Waals surface area (Å²) in [6.45, 7) is 0.500. The van der Waals surface area contributed by atoms with Gasteiger partial charge in [-0.05, 0) is 6.07 Å². The number of aromatic amines is 1. The van der Waals surface area contributed by atoms with E-state index in [1.807, 2.05) is 31.3 Å². The molecule has 0 atom stereocenters. The Kier molecular flexibility index (Phi) is 2.98. The molecule has 6 nitrogen and oxygen atoms in total. The Labute approximate surface area is 116 Å². The highest BCUT2D eigenvalue weighted by Gasteiger charge is 2.19. The van der Waals surface area contributed by atoms with Gasteiger partial charge in [-0.3, -0.25) is 14.6 Å². The van der Waals surface area contributed by atoms with Crippen molar-refractivity contribution in [1.82, 2.24) is 24.9 Å². The number of benzene rings is 1. The van der Waals surface area contributed by atoms with Gasteiger partial charge in [-0.1, -0.05) is 18.2 Å². The largest absolute Gasteiger partial charge is 0.336 e. The Hall–Kier alpha value is -2.63. The Morgan fingerprint density at radius 3 is 2.95 bits per heavy atom. The number of nitrogens with zero attached hydrogens (tertiary/aromatic N) is 4. The van der Waals surface area contributed by atoms with E-state index in [0.29, 0.717) is 12.2 Å². The standard InChI is InChI=1S/C14H15N5O/c1-18(9-10-7-15-16-8-10)14(20)13-11-5-3-4-6-12(11)19(2)17-13/h3-8H,9H2,1-2H3,(H,15,16). The minimum Gasteiger partial charge on any atom is -0.336 e. The SMILES string of the molecule is CN(Cc1cn[nH]c1)C(=O)c1nn(C)c2ccccc12. The molecule has 2 heterocycles. The van der Waals surface area contributed by atoms with E-state index in [2.05, 4.69) is 15.3 Å². The van der Waals surface area contributed by atoms with E-state index in [1.54, 1.807) is 29.0 Å². The number of nitrogens with one attached hydrogen (secondary N) is 1. The lowest BCUT2D eigenvalue weighted by Crippen LogP contribution is -2.26. The van der Waals surface area contributed by atoms with Crippen LogP contribution in [0.2, 0.25) is 0 Å². The van der Waals surface area contributed by atoms with E-state index in [0.717, 1.165) is 16.5 Å². The number of carbonyl (C=O) groups is 1. The van der Waals surface area contributed by atoms with E-state index in [4.69, 9.17) is 0 Å². The first-order valence-corrected chi connectivity index (χ1v) is 6.31. The number of carbonyl (C=O) groups excluding carboxylic acids is 1. The zero-order chi connectivity index (χ0) is 14.1. The molecule has 0 spiro atoms. The molecule has 0 aliphatic carbocycles. The van der Waals surface area contributed by atoms with E-state index >= 15 is 0 Å². The van der Waals surface area contributed by atoms with Crippen molar-refractivity contribution in [3.05, 3.63) is 47.9 Å². The summed E-state index contributed by atoms with van der Waals surface area (Å²) in [7, 11) is 3.61. The van der Waals surface area contributed by atoms with Crippen molar-refractivity contribution in [2.45, 2.75) is 6.54 Å². The zero-order valence-corrected chi connectivity index (χ0v) is 11.4. The summed E-state index contributed by atoms with van der Waals surface area (Å²) in [6.07, 6.45) is 3.49. The Bertz CT molecular complexity index is 744. The van der Waals surface area contributed by atoms with Crippen molar-refractivity contribution >= 4 is 16.8 Å². The van der Waals surface area contributed by atoms with Gasteiger partial charge in [-0.25, -0.2) is 0 Å². The average molecular weight is 269 g/mol. The molecule has 3 rings (SSSR count). The summed E-state index contributed by atoms with van der Waals surface area (Å²) in [5.41, 5.74) is 2.39. The summed E-state index contributed by atoms with van der Waals surface area (Å²) in [6, 6.07) is 7.72. The number of fused-ring (bicyclic) bond motifs is 1. The maximum atomic E-state index is 12.5. The van der Waals surface area contributed by atoms with Crippen LogP contribution in [0.4, 0.5) is 0 Å². The number of rotatable bonds is 3. The summed E-state index contributed by atoms with van der Waals surface area (Å²) >= 11 is 0. The summed E-state index contributed by atoms with van der Waals surface area (Å²) in [5.74, 6) is -0.0944. The lowest BCUT2D eigenvalue weighted by molar-refractivity contribution is 0.0780. The Balaban J connectivity index is 1.92. The molecule has 1 N–H and O–H groups in total. The predicted molar refractivity (Wildman–Crippen MR) is 75.1 cm³/mol. The van der Waals surface area contributed by atoms with Gasteiger partial charge in [0.1, 0.15) is 0 Å². The fraction of sp³-hybridized carbons (Fsp3) is 0.214. The van der Waals surface area contributed by atoms with Crippen LogP contribution in [0.5, 0.6) is 0 Å². The molecule has 6 heteroatoms. The van der Waals surface area contributed by atoms with Crippen molar-refractivity contribution in [2.75, 3.05) is 7.05 Å². The summed E-state index contributed by atoms with van der Waals surface area (Å²) in [5, 5.41) is 11.8. The molecular weight excluding hydrogens is 254 g/mol. The topological polar surface area (TPSA) is 66.8 Å². The minimum absolute atomic E-state index is 0.0944. The quantitative estimate of drug-likeness (QED) is 0.784. The fourth-order valence-electron chi connectivity index (χ4n) is 2.26. The molecule has 3 aromatic rings. The van der Waals surface area contributed by atoms with Gasteiger partial charge in [0.2, 0.25) is 0 Å². The molecule has 0 aliphatic heterocycles. The molecule has 1 amide bonds. The molecular formula is C14H15N5O. The average Bonchev–Trinajstić information content (AvgIpc) is 3.07. The maximum Gasteiger partial charge on any atom is 0.275 e. The molecule has 0 aliphatic rings. The lowest BCUT2D eigenvalue weighted by atomic mass is 10.2. The third-order valence-corrected chi connectivity index (χ3v) is 3.28. The highest BCUT2D eigenvalue weighted by Crippen LogP contribution is 2.19. The van der Waals surface area contributed by atoms with Crippen molar-refractivity contribution in [3.63, 3.8) is 0 Å². The van der Waals surface area contributed by atoms with Gasteiger partial charge in [0.15, 0.2) is 5.69 Å². The third-order valence-electron chi connectivity index (χ3n) is 3.28. The number of hydrogen-bond donors (Lipinski definition) is 1. The summed E-state index contributed by atoms with van der Waals surface area (Å²) < 4.78 is 1.73. The molecule has 0 radical (unpaired) electrons. The van der Waals surface area contributed by atoms with Crippen molar-refractivity contribution in [3.8, 4) is 0 Å². The van der Waals surface area contributed by atoms with Crippen LogP contribution in [0.3, 0.4) is 0 Å². The number of aromatic nitrogens is 4. The number of para-hydroxylation sites is 1. The van der Waals surface area contributed by atoms with Gasteiger partial charge >= 0.3 is 0 Å². The Morgan fingerprint density at radius 1 is 1.40 bits per heavy atom. The molecule has 1 aromatic carbocycles. The second-order valence-electron chi connectivity index (χ2n) is 4.76. The second kappa shape index (κ2) is 4.80. The van der Waals surface area contributed by atoms with Crippen LogP contribution in [0.25, 0.3) is 10.9 Å². The minimum atomic E-state index is -0.0944. The molecule has 0 fully saturated rings. The van der Waals surface area contributed by atoms with E-state index in [-0.39, 0.29) is 5.91 Å². The van der Waals surface area contributed by atoms with Gasteiger partial charge in [-0.2, -0.15) is 10.2 Å².